The SMILES string of the molecule is O=C(CBr)NCCCC[C@H](NC(=O)COCCOCCNC(=O)COCCOCCNC(=O)CCC(NC(=O)CCCCCCCCCOc1ccc(C(=O)O)cc1)C(=O)O)C(=O)O. The molecule has 1 aromatic carbocycles. The molecule has 0 radical (unpaired) electrons. The van der Waals surface area contributed by atoms with E-state index in [4.69, 9.17) is 28.8 Å². The molecule has 8 N–H and O–H groups in total. The highest BCUT2D eigenvalue weighted by Gasteiger charge is 2.21. The molecular weight excluding hydrogens is 910 g/mol. The van der Waals surface area contributed by atoms with E-state index in [-0.39, 0.29) is 126 Å². The maximum Gasteiger partial charge on any atom is 0.335 e. The number of carboxylic acid groups (broad SMARTS) is 3. The average molecular weight is 977 g/mol. The molecule has 0 aromatic heterocycles. The molecule has 1 rings (SSSR count). The summed E-state index contributed by atoms with van der Waals surface area (Å²) in [5.74, 6) is -4.62. The van der Waals surface area contributed by atoms with Crippen molar-refractivity contribution in [3.05, 3.63) is 29.8 Å². The number of amides is 5. The van der Waals surface area contributed by atoms with Crippen molar-refractivity contribution in [2.24, 2.45) is 0 Å². The smallest absolute Gasteiger partial charge is 0.335 e. The van der Waals surface area contributed by atoms with Crippen molar-refractivity contribution >= 4 is 63.4 Å². The standard InChI is InChI=1S/C42H66BrN5O16/c43-28-37(51)44-18-8-7-10-33(41(56)57)48-39(53)30-63-27-25-61-23-20-46-38(52)29-62-26-24-60-22-19-45-35(49)17-16-34(42(58)59)47-36(50)11-6-4-2-1-3-5-9-21-64-32-14-12-31(13-15-32)40(54)55/h12-15,33-34H,1-11,16-30H2,(H,44,51)(H,45,49)(H,46,52)(H,47,50)(H,48,53)(H,54,55)(H,56,57)(H,58,59)/t33-,34?/m0/s1. The molecule has 64 heavy (non-hydrogen) atoms. The van der Waals surface area contributed by atoms with Crippen LogP contribution in [0.25, 0.3) is 0 Å². The largest absolute Gasteiger partial charge is 0.494 e. The third-order valence-electron chi connectivity index (χ3n) is 9.06. The van der Waals surface area contributed by atoms with Gasteiger partial charge in [-0.1, -0.05) is 48.0 Å². The van der Waals surface area contributed by atoms with Crippen LogP contribution in [0.2, 0.25) is 0 Å². The van der Waals surface area contributed by atoms with Crippen LogP contribution >= 0.6 is 15.9 Å². The number of nitrogens with one attached hydrogen (secondary N) is 5. The third kappa shape index (κ3) is 31.9. The number of carbonyl (C=O) groups is 8. The van der Waals surface area contributed by atoms with E-state index in [0.717, 1.165) is 38.5 Å². The molecule has 1 unspecified atom stereocenters. The Bertz CT molecular complexity index is 1540. The molecule has 0 saturated carbocycles. The molecular formula is C42H66BrN5O16. The van der Waals surface area contributed by atoms with Gasteiger partial charge >= 0.3 is 17.9 Å². The van der Waals surface area contributed by atoms with Crippen molar-refractivity contribution in [1.29, 1.82) is 0 Å². The average Bonchev–Trinajstić information content (AvgIpc) is 3.26. The van der Waals surface area contributed by atoms with Gasteiger partial charge < -0.3 is 65.6 Å². The summed E-state index contributed by atoms with van der Waals surface area (Å²) in [6.45, 7) is 1.63. The first-order valence-corrected chi connectivity index (χ1v) is 22.6. The Kier molecular flexibility index (Phi) is 33.4. The second-order valence-corrected chi connectivity index (χ2v) is 14.9. The zero-order chi connectivity index (χ0) is 47.2. The summed E-state index contributed by atoms with van der Waals surface area (Å²) < 4.78 is 26.8. The molecule has 0 aliphatic heterocycles. The summed E-state index contributed by atoms with van der Waals surface area (Å²) in [4.78, 5) is 93.7. The number of hydrogen-bond acceptors (Lipinski definition) is 13. The molecule has 362 valence electrons. The fourth-order valence-corrected chi connectivity index (χ4v) is 5.83. The fourth-order valence-electron chi connectivity index (χ4n) is 5.63. The maximum atomic E-state index is 12.3. The lowest BCUT2D eigenvalue weighted by Gasteiger charge is -2.14. The number of alkyl halides is 1. The van der Waals surface area contributed by atoms with Gasteiger partial charge in [0.1, 0.15) is 31.0 Å². The normalized spacial score (nSPS) is 11.8. The Morgan fingerprint density at radius 2 is 1.00 bits per heavy atom. The molecule has 0 heterocycles. The minimum atomic E-state index is -1.22. The number of benzene rings is 1. The summed E-state index contributed by atoms with van der Waals surface area (Å²) in [5.41, 5.74) is 0.209. The van der Waals surface area contributed by atoms with Gasteiger partial charge in [-0.15, -0.1) is 0 Å². The molecule has 21 nitrogen and oxygen atoms in total. The molecule has 0 aliphatic rings. The van der Waals surface area contributed by atoms with Gasteiger partial charge in [-0.2, -0.15) is 0 Å². The van der Waals surface area contributed by atoms with Crippen LogP contribution in [0, 0.1) is 0 Å². The first-order valence-electron chi connectivity index (χ1n) is 21.5. The number of halogens is 1. The number of rotatable bonds is 41. The number of carbonyl (C=O) groups excluding carboxylic acids is 5. The van der Waals surface area contributed by atoms with Crippen molar-refractivity contribution in [1.82, 2.24) is 26.6 Å². The van der Waals surface area contributed by atoms with E-state index in [1.807, 2.05) is 0 Å². The Morgan fingerprint density at radius 1 is 0.484 bits per heavy atom. The quantitative estimate of drug-likeness (QED) is 0.0343. The van der Waals surface area contributed by atoms with Crippen molar-refractivity contribution in [3.63, 3.8) is 0 Å². The van der Waals surface area contributed by atoms with E-state index in [1.165, 1.54) is 12.1 Å². The zero-order valence-electron chi connectivity index (χ0n) is 36.4. The van der Waals surface area contributed by atoms with Crippen LogP contribution in [0.4, 0.5) is 0 Å². The Morgan fingerprint density at radius 3 is 1.59 bits per heavy atom. The van der Waals surface area contributed by atoms with Gasteiger partial charge in [-0.3, -0.25) is 24.0 Å². The van der Waals surface area contributed by atoms with Gasteiger partial charge in [0.25, 0.3) is 0 Å². The van der Waals surface area contributed by atoms with E-state index < -0.39 is 35.9 Å². The molecule has 0 fully saturated rings. The molecule has 0 spiro atoms. The first kappa shape index (κ1) is 57.1. The Hall–Kier alpha value is -4.90. The third-order valence-corrected chi connectivity index (χ3v) is 9.56. The number of unbranched alkanes of at least 4 members (excludes halogenated alkanes) is 7. The minimum absolute atomic E-state index is 0.0649. The molecule has 0 saturated heterocycles. The van der Waals surface area contributed by atoms with E-state index in [2.05, 4.69) is 42.5 Å². The van der Waals surface area contributed by atoms with Crippen LogP contribution in [0.5, 0.6) is 5.75 Å². The van der Waals surface area contributed by atoms with Crippen LogP contribution in [0.1, 0.15) is 93.8 Å². The molecule has 22 heteroatoms. The number of carboxylic acids is 3. The maximum absolute atomic E-state index is 12.3. The Labute approximate surface area is 381 Å². The molecule has 5 amide bonds. The minimum Gasteiger partial charge on any atom is -0.494 e. The van der Waals surface area contributed by atoms with E-state index >= 15 is 0 Å². The van der Waals surface area contributed by atoms with Crippen molar-refractivity contribution in [2.75, 3.05) is 84.4 Å². The fraction of sp³-hybridized carbons (Fsp3) is 0.667. The van der Waals surface area contributed by atoms with Crippen LogP contribution in [0.3, 0.4) is 0 Å². The van der Waals surface area contributed by atoms with Gasteiger partial charge in [0.2, 0.25) is 29.5 Å². The summed E-state index contributed by atoms with van der Waals surface area (Å²) >= 11 is 3.03. The monoisotopic (exact) mass is 975 g/mol. The molecule has 0 bridgehead atoms. The highest BCUT2D eigenvalue weighted by molar-refractivity contribution is 9.09. The topological polar surface area (TPSA) is 304 Å². The number of aromatic carboxylic acids is 1. The van der Waals surface area contributed by atoms with E-state index in [1.54, 1.807) is 12.1 Å². The highest BCUT2D eigenvalue weighted by Crippen LogP contribution is 2.14. The molecule has 0 aliphatic carbocycles. The number of ether oxygens (including phenoxy) is 5. The van der Waals surface area contributed by atoms with Gasteiger partial charge in [-0.25, -0.2) is 14.4 Å². The summed E-state index contributed by atoms with van der Waals surface area (Å²) in [6, 6.07) is 4.02. The van der Waals surface area contributed by atoms with Gasteiger partial charge in [0.15, 0.2) is 0 Å². The van der Waals surface area contributed by atoms with Crippen LogP contribution in [0.15, 0.2) is 24.3 Å². The highest BCUT2D eigenvalue weighted by atomic mass is 79.9. The van der Waals surface area contributed by atoms with Gasteiger partial charge in [0, 0.05) is 32.5 Å². The molecule has 1 aromatic rings. The van der Waals surface area contributed by atoms with Gasteiger partial charge in [0.05, 0.1) is 57.1 Å². The summed E-state index contributed by atoms with van der Waals surface area (Å²) in [7, 11) is 0. The second kappa shape index (κ2) is 37.5. The van der Waals surface area contributed by atoms with Crippen LogP contribution in [-0.4, -0.2) is 159 Å². The zero-order valence-corrected chi connectivity index (χ0v) is 38.0. The first-order chi connectivity index (χ1) is 30.8. The lowest BCUT2D eigenvalue weighted by molar-refractivity contribution is -0.143. The van der Waals surface area contributed by atoms with Crippen molar-refractivity contribution < 1.29 is 77.4 Å². The Balaban J connectivity index is 1.97. The predicted octanol–water partition coefficient (Wildman–Crippen LogP) is 1.78. The van der Waals surface area contributed by atoms with Gasteiger partial charge in [-0.05, 0) is 62.8 Å². The summed E-state index contributed by atoms with van der Waals surface area (Å²) in [5, 5.41) is 40.8. The predicted molar refractivity (Wildman–Crippen MR) is 234 cm³/mol. The number of hydrogen-bond donors (Lipinski definition) is 8. The van der Waals surface area contributed by atoms with Crippen molar-refractivity contribution in [2.45, 2.75) is 95.6 Å². The molecule has 2 atom stereocenters. The van der Waals surface area contributed by atoms with Crippen LogP contribution in [-0.2, 0) is 52.5 Å². The summed E-state index contributed by atoms with van der Waals surface area (Å²) in [6.07, 6.45) is 7.55. The van der Waals surface area contributed by atoms with Crippen molar-refractivity contribution in [3.8, 4) is 5.75 Å². The lowest BCUT2D eigenvalue weighted by atomic mass is 10.1. The lowest BCUT2D eigenvalue weighted by Crippen LogP contribution is -2.42. The second-order valence-electron chi connectivity index (χ2n) is 14.4. The number of aliphatic carboxylic acids is 2. The van der Waals surface area contributed by atoms with Crippen LogP contribution < -0.4 is 31.3 Å². The van der Waals surface area contributed by atoms with E-state index in [0.29, 0.717) is 38.2 Å². The van der Waals surface area contributed by atoms with E-state index in [9.17, 15) is 48.6 Å².